The first kappa shape index (κ1) is 11.2. The van der Waals surface area contributed by atoms with Crippen molar-refractivity contribution in [2.75, 3.05) is 7.11 Å². The van der Waals surface area contributed by atoms with Gasteiger partial charge in [-0.2, -0.15) is 0 Å². The van der Waals surface area contributed by atoms with Crippen molar-refractivity contribution < 1.29 is 18.7 Å². The third-order valence-corrected chi connectivity index (χ3v) is 1.82. The van der Waals surface area contributed by atoms with E-state index in [0.717, 1.165) is 0 Å². The van der Waals surface area contributed by atoms with Gasteiger partial charge in [-0.15, -0.1) is 0 Å². The number of carbonyl (C=O) groups excluding carboxylic acids is 2. The second-order valence-electron chi connectivity index (χ2n) is 3.05. The number of aryl methyl sites for hydroxylation is 1. The Kier molecular flexibility index (Phi) is 3.44. The van der Waals surface area contributed by atoms with Crippen LogP contribution in [-0.4, -0.2) is 18.9 Å². The molecule has 80 valence electrons. The number of esters is 1. The number of hydrogen-bond donors (Lipinski definition) is 0. The summed E-state index contributed by atoms with van der Waals surface area (Å²) >= 11 is 0. The quantitative estimate of drug-likeness (QED) is 0.563. The Morgan fingerprint density at radius 2 is 2.13 bits per heavy atom. The number of rotatable bonds is 3. The Morgan fingerprint density at radius 1 is 1.47 bits per heavy atom. The second-order valence-corrected chi connectivity index (χ2v) is 3.05. The minimum Gasteiger partial charge on any atom is -0.465 e. The summed E-state index contributed by atoms with van der Waals surface area (Å²) in [5.41, 5.74) is 0.376. The largest absolute Gasteiger partial charge is 0.465 e. The summed E-state index contributed by atoms with van der Waals surface area (Å²) in [6.07, 6.45) is 2.89. The van der Waals surface area contributed by atoms with Crippen molar-refractivity contribution in [2.24, 2.45) is 0 Å². The van der Waals surface area contributed by atoms with Gasteiger partial charge in [0.25, 0.3) is 0 Å². The highest BCUT2D eigenvalue weighted by atomic mass is 16.5. The number of hydrogen-bond acceptors (Lipinski definition) is 4. The van der Waals surface area contributed by atoms with Crippen molar-refractivity contribution in [1.82, 2.24) is 0 Å². The molecule has 0 saturated carbocycles. The highest BCUT2D eigenvalue weighted by Crippen LogP contribution is 2.16. The Labute approximate surface area is 87.5 Å². The number of allylic oxidation sites excluding steroid dienone is 1. The predicted octanol–water partition coefficient (Wildman–Crippen LogP) is 1.98. The second kappa shape index (κ2) is 4.59. The third-order valence-electron chi connectivity index (χ3n) is 1.82. The zero-order valence-corrected chi connectivity index (χ0v) is 8.87. The third kappa shape index (κ3) is 2.80. The molecule has 0 radical (unpaired) electrons. The van der Waals surface area contributed by atoms with Crippen LogP contribution in [0.25, 0.3) is 6.08 Å². The average Bonchev–Trinajstić information content (AvgIpc) is 2.55. The molecule has 0 amide bonds. The summed E-state index contributed by atoms with van der Waals surface area (Å²) in [6, 6.07) is 1.54. The molecular formula is C11H12O4. The van der Waals surface area contributed by atoms with Crippen molar-refractivity contribution in [2.45, 2.75) is 13.8 Å². The maximum Gasteiger partial charge on any atom is 0.341 e. The van der Waals surface area contributed by atoms with E-state index in [-0.39, 0.29) is 5.78 Å². The molecule has 1 aromatic heterocycles. The van der Waals surface area contributed by atoms with Gasteiger partial charge in [-0.3, -0.25) is 4.79 Å². The van der Waals surface area contributed by atoms with Crippen LogP contribution in [0.2, 0.25) is 0 Å². The van der Waals surface area contributed by atoms with Gasteiger partial charge in [0.15, 0.2) is 5.78 Å². The molecule has 0 bridgehead atoms. The van der Waals surface area contributed by atoms with Crippen LogP contribution in [0, 0.1) is 6.92 Å². The topological polar surface area (TPSA) is 56.5 Å². The molecule has 1 rings (SSSR count). The van der Waals surface area contributed by atoms with E-state index in [2.05, 4.69) is 4.74 Å². The first-order chi connectivity index (χ1) is 7.04. The number of methoxy groups -OCH3 is 1. The molecule has 0 aliphatic heterocycles. The van der Waals surface area contributed by atoms with Crippen LogP contribution < -0.4 is 0 Å². The van der Waals surface area contributed by atoms with Gasteiger partial charge in [0.1, 0.15) is 17.1 Å². The lowest BCUT2D eigenvalue weighted by atomic mass is 10.2. The molecule has 0 aliphatic rings. The fourth-order valence-electron chi connectivity index (χ4n) is 1.10. The molecule has 0 fully saturated rings. The van der Waals surface area contributed by atoms with Crippen LogP contribution in [0.1, 0.15) is 28.8 Å². The highest BCUT2D eigenvalue weighted by Gasteiger charge is 2.13. The van der Waals surface area contributed by atoms with Gasteiger partial charge in [-0.1, -0.05) is 0 Å². The lowest BCUT2D eigenvalue weighted by Crippen LogP contribution is -2.00. The number of ether oxygens (including phenoxy) is 1. The first-order valence-electron chi connectivity index (χ1n) is 4.42. The Morgan fingerprint density at radius 3 is 2.67 bits per heavy atom. The molecule has 0 aliphatic carbocycles. The van der Waals surface area contributed by atoms with Crippen LogP contribution in [-0.2, 0) is 9.53 Å². The van der Waals surface area contributed by atoms with E-state index in [1.165, 1.54) is 26.2 Å². The van der Waals surface area contributed by atoms with Gasteiger partial charge >= 0.3 is 5.97 Å². The maximum atomic E-state index is 11.2. The zero-order valence-electron chi connectivity index (χ0n) is 8.87. The van der Waals surface area contributed by atoms with Gasteiger partial charge in [0.05, 0.1) is 7.11 Å². The monoisotopic (exact) mass is 208 g/mol. The molecule has 0 saturated heterocycles. The molecule has 0 unspecified atom stereocenters. The number of furan rings is 1. The summed E-state index contributed by atoms with van der Waals surface area (Å²) in [4.78, 5) is 21.9. The molecular weight excluding hydrogens is 196 g/mol. The smallest absolute Gasteiger partial charge is 0.341 e. The fourth-order valence-corrected chi connectivity index (χ4v) is 1.10. The Hall–Kier alpha value is -1.84. The average molecular weight is 208 g/mol. The van der Waals surface area contributed by atoms with E-state index in [4.69, 9.17) is 4.42 Å². The van der Waals surface area contributed by atoms with Crippen molar-refractivity contribution in [3.63, 3.8) is 0 Å². The SMILES string of the molecule is COC(=O)c1cc(/C=C/C(C)=O)oc1C. The summed E-state index contributed by atoms with van der Waals surface area (Å²) in [5.74, 6) is 0.413. The molecule has 0 aromatic carbocycles. The van der Waals surface area contributed by atoms with Crippen molar-refractivity contribution in [3.8, 4) is 0 Å². The van der Waals surface area contributed by atoms with E-state index in [9.17, 15) is 9.59 Å². The molecule has 4 nitrogen and oxygen atoms in total. The van der Waals surface area contributed by atoms with Crippen molar-refractivity contribution in [3.05, 3.63) is 29.2 Å². The van der Waals surface area contributed by atoms with E-state index >= 15 is 0 Å². The van der Waals surface area contributed by atoms with Crippen LogP contribution in [0.15, 0.2) is 16.6 Å². The Balaban J connectivity index is 2.95. The summed E-state index contributed by atoms with van der Waals surface area (Å²) in [5, 5.41) is 0. The van der Waals surface area contributed by atoms with Crippen LogP contribution in [0.3, 0.4) is 0 Å². The standard InChI is InChI=1S/C11H12O4/c1-7(12)4-5-9-6-10(8(2)15-9)11(13)14-3/h4-6H,1-3H3/b5-4+. The van der Waals surface area contributed by atoms with E-state index in [0.29, 0.717) is 17.1 Å². The highest BCUT2D eigenvalue weighted by molar-refractivity contribution is 5.93. The van der Waals surface area contributed by atoms with Gasteiger partial charge in [0, 0.05) is 0 Å². The minimum absolute atomic E-state index is 0.0799. The van der Waals surface area contributed by atoms with Crippen LogP contribution in [0.5, 0.6) is 0 Å². The normalized spacial score (nSPS) is 10.6. The molecule has 1 heterocycles. The van der Waals surface area contributed by atoms with Crippen LogP contribution in [0.4, 0.5) is 0 Å². The molecule has 0 N–H and O–H groups in total. The summed E-state index contributed by atoms with van der Waals surface area (Å²) in [6.45, 7) is 3.10. The van der Waals surface area contributed by atoms with Gasteiger partial charge < -0.3 is 9.15 Å². The molecule has 0 spiro atoms. The van der Waals surface area contributed by atoms with Gasteiger partial charge in [-0.05, 0) is 32.1 Å². The fraction of sp³-hybridized carbons (Fsp3) is 0.273. The van der Waals surface area contributed by atoms with Crippen molar-refractivity contribution >= 4 is 17.8 Å². The summed E-state index contributed by atoms with van der Waals surface area (Å²) in [7, 11) is 1.31. The summed E-state index contributed by atoms with van der Waals surface area (Å²) < 4.78 is 9.81. The van der Waals surface area contributed by atoms with Crippen molar-refractivity contribution in [1.29, 1.82) is 0 Å². The van der Waals surface area contributed by atoms with E-state index in [1.54, 1.807) is 13.0 Å². The first-order valence-corrected chi connectivity index (χ1v) is 4.42. The lowest BCUT2D eigenvalue weighted by molar-refractivity contribution is -0.112. The van der Waals surface area contributed by atoms with Gasteiger partial charge in [-0.25, -0.2) is 4.79 Å². The zero-order chi connectivity index (χ0) is 11.4. The lowest BCUT2D eigenvalue weighted by Gasteiger charge is -1.93. The van der Waals surface area contributed by atoms with E-state index < -0.39 is 5.97 Å². The molecule has 0 atom stereocenters. The maximum absolute atomic E-state index is 11.2. The Bertz CT molecular complexity index is 412. The van der Waals surface area contributed by atoms with Crippen LogP contribution >= 0.6 is 0 Å². The number of carbonyl (C=O) groups is 2. The number of ketones is 1. The minimum atomic E-state index is -0.446. The predicted molar refractivity (Wildman–Crippen MR) is 54.5 cm³/mol. The van der Waals surface area contributed by atoms with Gasteiger partial charge in [0.2, 0.25) is 0 Å². The van der Waals surface area contributed by atoms with E-state index in [1.807, 2.05) is 0 Å². The molecule has 4 heteroatoms. The molecule has 1 aromatic rings. The molecule has 15 heavy (non-hydrogen) atoms.